The molecule has 2 aliphatic heterocycles. The van der Waals surface area contributed by atoms with E-state index in [1.165, 1.54) is 79.7 Å². The maximum Gasteiger partial charge on any atom is 0.277 e. The number of aromatic nitrogens is 2. The van der Waals surface area contributed by atoms with Gasteiger partial charge in [-0.1, -0.05) is 110 Å². The molecule has 4 aromatic carbocycles. The molecule has 4 aliphatic rings. The Morgan fingerprint density at radius 2 is 1.17 bits per heavy atom. The van der Waals surface area contributed by atoms with E-state index in [9.17, 15) is 0 Å². The van der Waals surface area contributed by atoms with Crippen LogP contribution in [0.25, 0.3) is 32.3 Å². The van der Waals surface area contributed by atoms with Gasteiger partial charge in [-0.2, -0.15) is 0 Å². The van der Waals surface area contributed by atoms with E-state index >= 15 is 0 Å². The van der Waals surface area contributed by atoms with Gasteiger partial charge in [0.15, 0.2) is 0 Å². The number of ether oxygens (including phenoxy) is 2. The molecule has 52 heavy (non-hydrogen) atoms. The topological polar surface area (TPSA) is 44.2 Å². The summed E-state index contributed by atoms with van der Waals surface area (Å²) >= 11 is 1.82. The molecule has 0 spiro atoms. The smallest absolute Gasteiger partial charge is 0.277 e. The third kappa shape index (κ3) is 4.52. The molecule has 0 bridgehead atoms. The number of nitrogens with zero attached hydrogens (tertiary/aromatic N) is 2. The van der Waals surface area contributed by atoms with Crippen molar-refractivity contribution >= 4 is 43.8 Å². The zero-order valence-corrected chi connectivity index (χ0v) is 32.3. The molecule has 0 fully saturated rings. The van der Waals surface area contributed by atoms with Crippen molar-refractivity contribution in [2.75, 3.05) is 0 Å². The average molecular weight is 701 g/mol. The molecule has 10 rings (SSSR count). The van der Waals surface area contributed by atoms with Crippen LogP contribution in [0.1, 0.15) is 103 Å². The summed E-state index contributed by atoms with van der Waals surface area (Å²) in [6, 6.07) is 27.6. The number of fused-ring (bicyclic) bond motifs is 8. The fourth-order valence-electron chi connectivity index (χ4n) is 9.93. The lowest BCUT2D eigenvalue weighted by Gasteiger charge is -2.43. The summed E-state index contributed by atoms with van der Waals surface area (Å²) in [5.41, 5.74) is 13.5. The standard InChI is InChI=1S/C46H45BN2O2S/c1-43(2)19-21-45(5,6)36-28(11-9-13-31(36)43)26-16-18-35-30(23-26)39-40(52-35)47-33-17-15-27(24-34(33)50-41-38(47)42(51-39)49-25-48-41)29-12-10-14-32-37(29)46(7,8)22-20-44(32,3)4/h9-18,23-25H,19-22H2,1-8H3. The first-order valence-corrected chi connectivity index (χ1v) is 19.7. The van der Waals surface area contributed by atoms with Crippen LogP contribution in [0.2, 0.25) is 0 Å². The van der Waals surface area contributed by atoms with Gasteiger partial charge < -0.3 is 9.47 Å². The van der Waals surface area contributed by atoms with E-state index < -0.39 is 0 Å². The Kier molecular flexibility index (Phi) is 6.57. The van der Waals surface area contributed by atoms with E-state index in [0.717, 1.165) is 27.8 Å². The van der Waals surface area contributed by atoms with Crippen molar-refractivity contribution in [2.45, 2.75) is 103 Å². The lowest BCUT2D eigenvalue weighted by Crippen LogP contribution is -2.56. The normalized spacial score (nSPS) is 19.3. The molecule has 2 aromatic heterocycles. The molecule has 0 saturated heterocycles. The summed E-state index contributed by atoms with van der Waals surface area (Å²) < 4.78 is 15.8. The zero-order valence-electron chi connectivity index (χ0n) is 31.5. The minimum absolute atomic E-state index is 0.0714. The van der Waals surface area contributed by atoms with Crippen LogP contribution < -0.4 is 25.2 Å². The van der Waals surface area contributed by atoms with E-state index in [2.05, 4.69) is 138 Å². The quantitative estimate of drug-likeness (QED) is 0.168. The van der Waals surface area contributed by atoms with E-state index in [1.54, 1.807) is 6.33 Å². The minimum atomic E-state index is -0.0714. The van der Waals surface area contributed by atoms with Crippen molar-refractivity contribution in [1.82, 2.24) is 9.97 Å². The van der Waals surface area contributed by atoms with Gasteiger partial charge in [-0.25, -0.2) is 9.97 Å². The van der Waals surface area contributed by atoms with Crippen molar-refractivity contribution < 1.29 is 9.47 Å². The number of benzene rings is 4. The van der Waals surface area contributed by atoms with Crippen LogP contribution >= 0.6 is 11.3 Å². The first kappa shape index (κ1) is 32.3. The van der Waals surface area contributed by atoms with Gasteiger partial charge in [0.1, 0.15) is 17.8 Å². The summed E-state index contributed by atoms with van der Waals surface area (Å²) in [5, 5.41) is 1.14. The molecule has 6 aromatic rings. The van der Waals surface area contributed by atoms with E-state index in [4.69, 9.17) is 9.47 Å². The second-order valence-electron chi connectivity index (χ2n) is 18.3. The van der Waals surface area contributed by atoms with Crippen LogP contribution in [0.3, 0.4) is 0 Å². The first-order chi connectivity index (χ1) is 24.7. The molecule has 4 nitrogen and oxygen atoms in total. The maximum atomic E-state index is 6.75. The first-order valence-electron chi connectivity index (χ1n) is 18.9. The van der Waals surface area contributed by atoms with Gasteiger partial charge in [0.2, 0.25) is 11.8 Å². The average Bonchev–Trinajstić information content (AvgIpc) is 3.49. The molecule has 260 valence electrons. The van der Waals surface area contributed by atoms with Crippen LogP contribution in [-0.2, 0) is 21.7 Å². The summed E-state index contributed by atoms with van der Waals surface area (Å²) in [6.07, 6.45) is 6.30. The summed E-state index contributed by atoms with van der Waals surface area (Å²) in [5.74, 6) is 2.94. The highest BCUT2D eigenvalue weighted by Crippen LogP contribution is 2.52. The lowest BCUT2D eigenvalue weighted by molar-refractivity contribution is 0.333. The highest BCUT2D eigenvalue weighted by atomic mass is 32.1. The summed E-state index contributed by atoms with van der Waals surface area (Å²) in [7, 11) is 0. The molecule has 0 amide bonds. The molecule has 0 radical (unpaired) electrons. The Balaban J connectivity index is 1.12. The largest absolute Gasteiger partial charge is 0.440 e. The molecule has 0 N–H and O–H groups in total. The Bertz CT molecular complexity index is 2510. The minimum Gasteiger partial charge on any atom is -0.440 e. The number of rotatable bonds is 2. The Morgan fingerprint density at radius 1 is 0.615 bits per heavy atom. The van der Waals surface area contributed by atoms with Gasteiger partial charge in [0, 0.05) is 14.9 Å². The van der Waals surface area contributed by atoms with Gasteiger partial charge in [0.25, 0.3) is 6.71 Å². The van der Waals surface area contributed by atoms with Gasteiger partial charge in [0.05, 0.1) is 5.46 Å². The molecule has 6 heteroatoms. The van der Waals surface area contributed by atoms with Crippen molar-refractivity contribution in [3.8, 4) is 45.5 Å². The molecule has 4 heterocycles. The predicted molar refractivity (Wildman–Crippen MR) is 217 cm³/mol. The predicted octanol–water partition coefficient (Wildman–Crippen LogP) is 10.5. The second-order valence-corrected chi connectivity index (χ2v) is 19.4. The fourth-order valence-corrected chi connectivity index (χ4v) is 11.2. The lowest BCUT2D eigenvalue weighted by atomic mass is 9.38. The van der Waals surface area contributed by atoms with Gasteiger partial charge in [-0.15, -0.1) is 11.3 Å². The Hall–Kier alpha value is -4.42. The monoisotopic (exact) mass is 700 g/mol. The zero-order chi connectivity index (χ0) is 35.9. The Morgan fingerprint density at radius 3 is 1.81 bits per heavy atom. The van der Waals surface area contributed by atoms with Crippen molar-refractivity contribution in [1.29, 1.82) is 0 Å². The fraction of sp³-hybridized carbons (Fsp3) is 0.348. The number of hydrogen-bond acceptors (Lipinski definition) is 5. The van der Waals surface area contributed by atoms with Crippen molar-refractivity contribution in [3.63, 3.8) is 0 Å². The van der Waals surface area contributed by atoms with Crippen LogP contribution in [-0.4, -0.2) is 16.7 Å². The molecular weight excluding hydrogens is 655 g/mol. The SMILES string of the molecule is CC1(C)CCC(C)(C)c2c(-c3ccc4c(c3)Oc3ncnc5c3B4c3sc4ccc(-c6cccc7c6C(C)(C)CCC7(C)C)cc4c3O5)cccc21. The van der Waals surface area contributed by atoms with E-state index in [0.29, 0.717) is 11.8 Å². The van der Waals surface area contributed by atoms with Gasteiger partial charge in [-0.3, -0.25) is 0 Å². The molecular formula is C46H45BN2O2S. The van der Waals surface area contributed by atoms with Crippen LogP contribution in [0.15, 0.2) is 79.1 Å². The van der Waals surface area contributed by atoms with Crippen molar-refractivity contribution in [2.24, 2.45) is 0 Å². The van der Waals surface area contributed by atoms with Gasteiger partial charge in [-0.05, 0) is 116 Å². The maximum absolute atomic E-state index is 6.75. The number of hydrogen-bond donors (Lipinski definition) is 0. The Labute approximate surface area is 311 Å². The summed E-state index contributed by atoms with van der Waals surface area (Å²) in [4.78, 5) is 9.34. The third-order valence-corrected chi connectivity index (χ3v) is 14.3. The van der Waals surface area contributed by atoms with Gasteiger partial charge >= 0.3 is 0 Å². The molecule has 2 aliphatic carbocycles. The highest BCUT2D eigenvalue weighted by molar-refractivity contribution is 7.33. The van der Waals surface area contributed by atoms with Crippen LogP contribution in [0.4, 0.5) is 0 Å². The molecule has 0 atom stereocenters. The number of thiophene rings is 1. The second kappa shape index (κ2) is 10.6. The molecule has 0 saturated carbocycles. The third-order valence-electron chi connectivity index (χ3n) is 13.1. The highest BCUT2D eigenvalue weighted by Gasteiger charge is 2.45. The van der Waals surface area contributed by atoms with Crippen LogP contribution in [0.5, 0.6) is 23.3 Å². The van der Waals surface area contributed by atoms with Crippen molar-refractivity contribution in [3.05, 3.63) is 101 Å². The van der Waals surface area contributed by atoms with E-state index in [1.807, 2.05) is 11.3 Å². The van der Waals surface area contributed by atoms with Crippen LogP contribution in [0, 0.1) is 0 Å². The summed E-state index contributed by atoms with van der Waals surface area (Å²) in [6.45, 7) is 19.1. The van der Waals surface area contributed by atoms with E-state index in [-0.39, 0.29) is 28.4 Å². The molecule has 0 unspecified atom stereocenters.